The minimum atomic E-state index is -0.0325. The number of pyridine rings is 1. The molecule has 1 aliphatic carbocycles. The van der Waals surface area contributed by atoms with Gasteiger partial charge in [0.05, 0.1) is 0 Å². The summed E-state index contributed by atoms with van der Waals surface area (Å²) in [5, 5.41) is 3.54. The SMILES string of the molecule is CC(C)c1cc(C(=O)NC2CCCCC2C)cc(Cl)n1. The maximum atomic E-state index is 12.4. The molecule has 0 aromatic carbocycles. The van der Waals surface area contributed by atoms with Crippen LogP contribution in [0.4, 0.5) is 0 Å². The van der Waals surface area contributed by atoms with Gasteiger partial charge in [-0.3, -0.25) is 4.79 Å². The highest BCUT2D eigenvalue weighted by molar-refractivity contribution is 6.29. The van der Waals surface area contributed by atoms with Crippen molar-refractivity contribution in [3.63, 3.8) is 0 Å². The van der Waals surface area contributed by atoms with Crippen molar-refractivity contribution in [2.24, 2.45) is 5.92 Å². The fraction of sp³-hybridized carbons (Fsp3) is 0.625. The van der Waals surface area contributed by atoms with Gasteiger partial charge in [-0.1, -0.05) is 45.2 Å². The lowest BCUT2D eigenvalue weighted by Crippen LogP contribution is -2.41. The summed E-state index contributed by atoms with van der Waals surface area (Å²) in [6, 6.07) is 3.78. The Kier molecular flexibility index (Phi) is 5.03. The number of rotatable bonds is 3. The lowest BCUT2D eigenvalue weighted by molar-refractivity contribution is 0.0910. The Labute approximate surface area is 126 Å². The minimum absolute atomic E-state index is 0.0325. The molecule has 1 amide bonds. The van der Waals surface area contributed by atoms with Gasteiger partial charge in [0.25, 0.3) is 5.91 Å². The molecule has 0 aliphatic heterocycles. The van der Waals surface area contributed by atoms with Crippen molar-refractivity contribution in [3.8, 4) is 0 Å². The number of aromatic nitrogens is 1. The van der Waals surface area contributed by atoms with Crippen LogP contribution in [0.5, 0.6) is 0 Å². The van der Waals surface area contributed by atoms with E-state index in [4.69, 9.17) is 11.6 Å². The van der Waals surface area contributed by atoms with Crippen LogP contribution in [0.2, 0.25) is 5.15 Å². The summed E-state index contributed by atoms with van der Waals surface area (Å²) in [5.41, 5.74) is 1.48. The molecule has 0 saturated heterocycles. The Bertz CT molecular complexity index is 487. The van der Waals surface area contributed by atoms with Crippen molar-refractivity contribution in [3.05, 3.63) is 28.5 Å². The van der Waals surface area contributed by atoms with Gasteiger partial charge >= 0.3 is 0 Å². The summed E-state index contributed by atoms with van der Waals surface area (Å²) in [6.07, 6.45) is 4.73. The van der Waals surface area contributed by atoms with Gasteiger partial charge in [-0.25, -0.2) is 4.98 Å². The smallest absolute Gasteiger partial charge is 0.251 e. The highest BCUT2D eigenvalue weighted by Gasteiger charge is 2.23. The maximum Gasteiger partial charge on any atom is 0.251 e. The molecule has 4 heteroatoms. The van der Waals surface area contributed by atoms with Crippen molar-refractivity contribution in [2.45, 2.75) is 58.4 Å². The molecule has 1 aromatic heterocycles. The first kappa shape index (κ1) is 15.3. The number of halogens is 1. The van der Waals surface area contributed by atoms with Gasteiger partial charge in [-0.2, -0.15) is 0 Å². The molecule has 20 heavy (non-hydrogen) atoms. The molecule has 2 atom stereocenters. The van der Waals surface area contributed by atoms with Crippen LogP contribution in [0.15, 0.2) is 12.1 Å². The van der Waals surface area contributed by atoms with Gasteiger partial charge in [0.1, 0.15) is 5.15 Å². The molecule has 1 aromatic rings. The molecule has 3 nitrogen and oxygen atoms in total. The number of hydrogen-bond donors (Lipinski definition) is 1. The predicted octanol–water partition coefficient (Wildman–Crippen LogP) is 4.17. The highest BCUT2D eigenvalue weighted by atomic mass is 35.5. The van der Waals surface area contributed by atoms with E-state index in [9.17, 15) is 4.79 Å². The number of carbonyl (C=O) groups is 1. The number of nitrogens with zero attached hydrogens (tertiary/aromatic N) is 1. The van der Waals surface area contributed by atoms with Crippen LogP contribution in [-0.4, -0.2) is 16.9 Å². The van der Waals surface area contributed by atoms with Crippen molar-refractivity contribution in [1.29, 1.82) is 0 Å². The third-order valence-electron chi connectivity index (χ3n) is 4.10. The van der Waals surface area contributed by atoms with E-state index in [0.29, 0.717) is 16.6 Å². The minimum Gasteiger partial charge on any atom is -0.349 e. The monoisotopic (exact) mass is 294 g/mol. The summed E-state index contributed by atoms with van der Waals surface area (Å²) in [5.74, 6) is 0.776. The molecule has 0 spiro atoms. The van der Waals surface area contributed by atoms with Gasteiger partial charge in [0.15, 0.2) is 0 Å². The van der Waals surface area contributed by atoms with E-state index in [-0.39, 0.29) is 17.9 Å². The molecular formula is C16H23ClN2O. The first-order valence-corrected chi connectivity index (χ1v) is 7.83. The molecule has 2 rings (SSSR count). The van der Waals surface area contributed by atoms with Crippen LogP contribution in [0, 0.1) is 5.92 Å². The second-order valence-electron chi connectivity index (χ2n) is 6.10. The fourth-order valence-corrected chi connectivity index (χ4v) is 2.94. The molecular weight excluding hydrogens is 272 g/mol. The number of hydrogen-bond acceptors (Lipinski definition) is 2. The third kappa shape index (κ3) is 3.72. The lowest BCUT2D eigenvalue weighted by atomic mass is 9.86. The highest BCUT2D eigenvalue weighted by Crippen LogP contribution is 2.24. The Morgan fingerprint density at radius 2 is 2.05 bits per heavy atom. The zero-order valence-electron chi connectivity index (χ0n) is 12.4. The summed E-state index contributed by atoms with van der Waals surface area (Å²) in [7, 11) is 0. The zero-order valence-corrected chi connectivity index (χ0v) is 13.2. The predicted molar refractivity (Wildman–Crippen MR) is 82.2 cm³/mol. The van der Waals surface area contributed by atoms with E-state index in [1.165, 1.54) is 19.3 Å². The van der Waals surface area contributed by atoms with Gasteiger partial charge < -0.3 is 5.32 Å². The summed E-state index contributed by atoms with van der Waals surface area (Å²) >= 11 is 6.02. The van der Waals surface area contributed by atoms with Gasteiger partial charge in [0, 0.05) is 17.3 Å². The van der Waals surface area contributed by atoms with E-state index in [1.54, 1.807) is 6.07 Å². The van der Waals surface area contributed by atoms with Crippen molar-refractivity contribution in [1.82, 2.24) is 10.3 Å². The molecule has 110 valence electrons. The molecule has 1 N–H and O–H groups in total. The normalized spacial score (nSPS) is 22.9. The summed E-state index contributed by atoms with van der Waals surface area (Å²) in [4.78, 5) is 16.7. The Hall–Kier alpha value is -1.09. The molecule has 1 aliphatic rings. The van der Waals surface area contributed by atoms with E-state index in [1.807, 2.05) is 19.9 Å². The van der Waals surface area contributed by atoms with Gasteiger partial charge in [-0.15, -0.1) is 0 Å². The topological polar surface area (TPSA) is 42.0 Å². The number of amides is 1. The fourth-order valence-electron chi connectivity index (χ4n) is 2.73. The van der Waals surface area contributed by atoms with Crippen LogP contribution >= 0.6 is 11.6 Å². The van der Waals surface area contributed by atoms with Crippen molar-refractivity contribution >= 4 is 17.5 Å². The number of carbonyl (C=O) groups excluding carboxylic acids is 1. The van der Waals surface area contributed by atoms with Crippen LogP contribution in [-0.2, 0) is 0 Å². The number of nitrogens with one attached hydrogen (secondary N) is 1. The second kappa shape index (κ2) is 6.57. The lowest BCUT2D eigenvalue weighted by Gasteiger charge is -2.29. The van der Waals surface area contributed by atoms with Crippen molar-refractivity contribution < 1.29 is 4.79 Å². The van der Waals surface area contributed by atoms with E-state index in [0.717, 1.165) is 12.1 Å². The molecule has 2 unspecified atom stereocenters. The van der Waals surface area contributed by atoms with E-state index >= 15 is 0 Å². The van der Waals surface area contributed by atoms with Gasteiger partial charge in [-0.05, 0) is 36.8 Å². The molecule has 0 bridgehead atoms. The average molecular weight is 295 g/mol. The van der Waals surface area contributed by atoms with E-state index < -0.39 is 0 Å². The quantitative estimate of drug-likeness (QED) is 0.850. The molecule has 1 heterocycles. The molecule has 0 radical (unpaired) electrons. The molecule has 1 fully saturated rings. The Morgan fingerprint density at radius 3 is 2.70 bits per heavy atom. The average Bonchev–Trinajstić information content (AvgIpc) is 2.40. The largest absolute Gasteiger partial charge is 0.349 e. The summed E-state index contributed by atoms with van der Waals surface area (Å²) in [6.45, 7) is 6.30. The second-order valence-corrected chi connectivity index (χ2v) is 6.49. The Morgan fingerprint density at radius 1 is 1.35 bits per heavy atom. The van der Waals surface area contributed by atoms with Crippen LogP contribution in [0.1, 0.15) is 68.4 Å². The summed E-state index contributed by atoms with van der Waals surface area (Å²) < 4.78 is 0. The van der Waals surface area contributed by atoms with E-state index in [2.05, 4.69) is 17.2 Å². The zero-order chi connectivity index (χ0) is 14.7. The van der Waals surface area contributed by atoms with Crippen LogP contribution in [0.3, 0.4) is 0 Å². The first-order valence-electron chi connectivity index (χ1n) is 7.45. The molecule has 1 saturated carbocycles. The van der Waals surface area contributed by atoms with Crippen LogP contribution in [0.25, 0.3) is 0 Å². The maximum absolute atomic E-state index is 12.4. The van der Waals surface area contributed by atoms with Crippen LogP contribution < -0.4 is 5.32 Å². The third-order valence-corrected chi connectivity index (χ3v) is 4.29. The van der Waals surface area contributed by atoms with Gasteiger partial charge in [0.2, 0.25) is 0 Å². The van der Waals surface area contributed by atoms with Crippen molar-refractivity contribution in [2.75, 3.05) is 0 Å². The first-order chi connectivity index (χ1) is 9.47. The standard InChI is InChI=1S/C16H23ClN2O/c1-10(2)14-8-12(9-15(17)18-14)16(20)19-13-7-5-4-6-11(13)3/h8-11,13H,4-7H2,1-3H3,(H,19,20). The Balaban J connectivity index is 2.12.